The SMILES string of the molecule is O=C(Nc1cccc2ccccc12)c1ccccc1C(F)(F)F. The van der Waals surface area contributed by atoms with Gasteiger partial charge in [-0.2, -0.15) is 13.2 Å². The van der Waals surface area contributed by atoms with Crippen LogP contribution in [-0.2, 0) is 6.18 Å². The van der Waals surface area contributed by atoms with Crippen LogP contribution < -0.4 is 5.32 Å². The largest absolute Gasteiger partial charge is 0.417 e. The summed E-state index contributed by atoms with van der Waals surface area (Å²) >= 11 is 0. The molecule has 0 spiro atoms. The Hall–Kier alpha value is -2.82. The fraction of sp³-hybridized carbons (Fsp3) is 0.0556. The predicted molar refractivity (Wildman–Crippen MR) is 83.3 cm³/mol. The van der Waals surface area contributed by atoms with Gasteiger partial charge in [-0.1, -0.05) is 48.5 Å². The molecule has 23 heavy (non-hydrogen) atoms. The number of fused-ring (bicyclic) bond motifs is 1. The number of rotatable bonds is 2. The Morgan fingerprint density at radius 1 is 0.826 bits per heavy atom. The molecule has 0 aliphatic heterocycles. The normalized spacial score (nSPS) is 11.4. The molecular weight excluding hydrogens is 303 g/mol. The van der Waals surface area contributed by atoms with Crippen molar-refractivity contribution in [2.45, 2.75) is 6.18 Å². The number of hydrogen-bond donors (Lipinski definition) is 1. The van der Waals surface area contributed by atoms with E-state index in [0.29, 0.717) is 5.69 Å². The Kier molecular flexibility index (Phi) is 3.78. The summed E-state index contributed by atoms with van der Waals surface area (Å²) in [7, 11) is 0. The van der Waals surface area contributed by atoms with Gasteiger partial charge in [0.25, 0.3) is 5.91 Å². The van der Waals surface area contributed by atoms with E-state index in [4.69, 9.17) is 0 Å². The first-order valence-electron chi connectivity index (χ1n) is 6.92. The third-order valence-corrected chi connectivity index (χ3v) is 3.51. The second kappa shape index (κ2) is 5.76. The van der Waals surface area contributed by atoms with Gasteiger partial charge in [-0.05, 0) is 23.6 Å². The summed E-state index contributed by atoms with van der Waals surface area (Å²) < 4.78 is 39.1. The van der Waals surface area contributed by atoms with E-state index in [-0.39, 0.29) is 0 Å². The molecule has 0 aliphatic rings. The Balaban J connectivity index is 2.00. The first kappa shape index (κ1) is 15.1. The second-order valence-corrected chi connectivity index (χ2v) is 5.02. The van der Waals surface area contributed by atoms with E-state index >= 15 is 0 Å². The zero-order valence-electron chi connectivity index (χ0n) is 11.9. The van der Waals surface area contributed by atoms with E-state index in [2.05, 4.69) is 5.32 Å². The van der Waals surface area contributed by atoms with Gasteiger partial charge in [-0.15, -0.1) is 0 Å². The van der Waals surface area contributed by atoms with Crippen molar-refractivity contribution < 1.29 is 18.0 Å². The molecule has 5 heteroatoms. The number of anilines is 1. The van der Waals surface area contributed by atoms with Crippen molar-refractivity contribution in [2.24, 2.45) is 0 Å². The Labute approximate surface area is 130 Å². The minimum Gasteiger partial charge on any atom is -0.321 e. The molecule has 116 valence electrons. The number of nitrogens with one attached hydrogen (secondary N) is 1. The fourth-order valence-corrected chi connectivity index (χ4v) is 2.45. The zero-order chi connectivity index (χ0) is 16.4. The molecule has 0 atom stereocenters. The maximum atomic E-state index is 13.0. The summed E-state index contributed by atoms with van der Waals surface area (Å²) in [4.78, 5) is 12.3. The van der Waals surface area contributed by atoms with E-state index in [1.807, 2.05) is 24.3 Å². The van der Waals surface area contributed by atoms with Crippen LogP contribution in [0.3, 0.4) is 0 Å². The van der Waals surface area contributed by atoms with Crippen LogP contribution in [0.15, 0.2) is 66.7 Å². The van der Waals surface area contributed by atoms with Gasteiger partial charge in [0, 0.05) is 11.1 Å². The lowest BCUT2D eigenvalue weighted by Crippen LogP contribution is -2.18. The molecule has 0 aliphatic carbocycles. The van der Waals surface area contributed by atoms with E-state index < -0.39 is 23.2 Å². The molecule has 3 aromatic carbocycles. The van der Waals surface area contributed by atoms with Crippen molar-refractivity contribution in [2.75, 3.05) is 5.32 Å². The summed E-state index contributed by atoms with van der Waals surface area (Å²) in [6, 6.07) is 17.4. The molecule has 0 heterocycles. The summed E-state index contributed by atoms with van der Waals surface area (Å²) in [5, 5.41) is 4.24. The van der Waals surface area contributed by atoms with Crippen LogP contribution in [0, 0.1) is 0 Å². The molecule has 0 radical (unpaired) electrons. The van der Waals surface area contributed by atoms with Crippen LogP contribution in [0.5, 0.6) is 0 Å². The molecule has 0 unspecified atom stereocenters. The van der Waals surface area contributed by atoms with Gasteiger partial charge in [0.2, 0.25) is 0 Å². The highest BCUT2D eigenvalue weighted by Crippen LogP contribution is 2.32. The van der Waals surface area contributed by atoms with Gasteiger partial charge in [-0.25, -0.2) is 0 Å². The quantitative estimate of drug-likeness (QED) is 0.699. The van der Waals surface area contributed by atoms with Gasteiger partial charge in [0.05, 0.1) is 11.1 Å². The lowest BCUT2D eigenvalue weighted by Gasteiger charge is -2.13. The van der Waals surface area contributed by atoms with Gasteiger partial charge < -0.3 is 5.32 Å². The molecule has 0 saturated heterocycles. The van der Waals surface area contributed by atoms with Gasteiger partial charge in [-0.3, -0.25) is 4.79 Å². The van der Waals surface area contributed by atoms with Crippen molar-refractivity contribution in [3.8, 4) is 0 Å². The molecule has 0 fully saturated rings. The van der Waals surface area contributed by atoms with Crippen LogP contribution in [0.2, 0.25) is 0 Å². The summed E-state index contributed by atoms with van der Waals surface area (Å²) in [6.07, 6.45) is -4.58. The smallest absolute Gasteiger partial charge is 0.321 e. The zero-order valence-corrected chi connectivity index (χ0v) is 11.9. The Morgan fingerprint density at radius 2 is 1.48 bits per heavy atom. The average molecular weight is 315 g/mol. The standard InChI is InChI=1S/C18H12F3NO/c19-18(20,21)15-10-4-3-9-14(15)17(23)22-16-11-5-7-12-6-1-2-8-13(12)16/h1-11H,(H,22,23). The third kappa shape index (κ3) is 3.04. The van der Waals surface area contributed by atoms with Crippen molar-refractivity contribution in [3.63, 3.8) is 0 Å². The highest BCUT2D eigenvalue weighted by atomic mass is 19.4. The summed E-state index contributed by atoms with van der Waals surface area (Å²) in [5.41, 5.74) is -0.865. The minimum atomic E-state index is -4.58. The molecule has 1 N–H and O–H groups in total. The van der Waals surface area contributed by atoms with Crippen LogP contribution >= 0.6 is 0 Å². The minimum absolute atomic E-state index is 0.395. The van der Waals surface area contributed by atoms with Gasteiger partial charge in [0.15, 0.2) is 0 Å². The molecule has 0 aromatic heterocycles. The number of benzene rings is 3. The van der Waals surface area contributed by atoms with Gasteiger partial charge in [0.1, 0.15) is 0 Å². The van der Waals surface area contributed by atoms with E-state index in [9.17, 15) is 18.0 Å². The van der Waals surface area contributed by atoms with Crippen LogP contribution in [0.1, 0.15) is 15.9 Å². The Morgan fingerprint density at radius 3 is 2.26 bits per heavy atom. The summed E-state index contributed by atoms with van der Waals surface area (Å²) in [5.74, 6) is -0.783. The Bertz CT molecular complexity index is 866. The molecule has 2 nitrogen and oxygen atoms in total. The molecule has 3 rings (SSSR count). The van der Waals surface area contributed by atoms with Crippen molar-refractivity contribution in [1.29, 1.82) is 0 Å². The number of halogens is 3. The van der Waals surface area contributed by atoms with Crippen LogP contribution in [0.4, 0.5) is 18.9 Å². The lowest BCUT2D eigenvalue weighted by molar-refractivity contribution is -0.137. The summed E-state index contributed by atoms with van der Waals surface area (Å²) in [6.45, 7) is 0. The topological polar surface area (TPSA) is 29.1 Å². The maximum absolute atomic E-state index is 13.0. The van der Waals surface area contributed by atoms with Crippen LogP contribution in [0.25, 0.3) is 10.8 Å². The van der Waals surface area contributed by atoms with Crippen LogP contribution in [-0.4, -0.2) is 5.91 Å². The molecule has 0 bridgehead atoms. The highest BCUT2D eigenvalue weighted by Gasteiger charge is 2.34. The van der Waals surface area contributed by atoms with Crippen molar-refractivity contribution >= 4 is 22.4 Å². The van der Waals surface area contributed by atoms with E-state index in [1.54, 1.807) is 18.2 Å². The van der Waals surface area contributed by atoms with E-state index in [1.165, 1.54) is 18.2 Å². The highest BCUT2D eigenvalue weighted by molar-refractivity contribution is 6.09. The molecule has 3 aromatic rings. The second-order valence-electron chi connectivity index (χ2n) is 5.02. The number of alkyl halides is 3. The molecular formula is C18H12F3NO. The monoisotopic (exact) mass is 315 g/mol. The van der Waals surface area contributed by atoms with Crippen molar-refractivity contribution in [1.82, 2.24) is 0 Å². The third-order valence-electron chi connectivity index (χ3n) is 3.51. The maximum Gasteiger partial charge on any atom is 0.417 e. The molecule has 1 amide bonds. The average Bonchev–Trinajstić information content (AvgIpc) is 2.54. The number of amides is 1. The predicted octanol–water partition coefficient (Wildman–Crippen LogP) is 5.11. The van der Waals surface area contributed by atoms with Crippen molar-refractivity contribution in [3.05, 3.63) is 77.9 Å². The van der Waals surface area contributed by atoms with Gasteiger partial charge >= 0.3 is 6.18 Å². The molecule has 0 saturated carbocycles. The number of carbonyl (C=O) groups excluding carboxylic acids is 1. The number of carbonyl (C=O) groups is 1. The van der Waals surface area contributed by atoms with E-state index in [0.717, 1.165) is 16.8 Å². The number of hydrogen-bond acceptors (Lipinski definition) is 1. The first-order valence-corrected chi connectivity index (χ1v) is 6.92. The first-order chi connectivity index (χ1) is 11.0. The lowest BCUT2D eigenvalue weighted by atomic mass is 10.1. The fourth-order valence-electron chi connectivity index (χ4n) is 2.45.